The number of rotatable bonds is 5. The van der Waals surface area contributed by atoms with Gasteiger partial charge in [0.1, 0.15) is 5.52 Å². The summed E-state index contributed by atoms with van der Waals surface area (Å²) in [7, 11) is 0. The summed E-state index contributed by atoms with van der Waals surface area (Å²) in [5.74, 6) is -0.227. The number of likely N-dealkylation sites (N-methyl/N-ethyl adjacent to an activating group) is 1. The first-order valence-electron chi connectivity index (χ1n) is 10.4. The molecule has 1 N–H and O–H groups in total. The van der Waals surface area contributed by atoms with Crippen LogP contribution in [0.1, 0.15) is 54.9 Å². The monoisotopic (exact) mass is 448 g/mol. The third-order valence-electron chi connectivity index (χ3n) is 5.21. The van der Waals surface area contributed by atoms with Gasteiger partial charge in [0.25, 0.3) is 11.1 Å². The molecule has 3 aromatic rings. The van der Waals surface area contributed by atoms with E-state index in [2.05, 4.69) is 15.0 Å². The molecule has 32 heavy (non-hydrogen) atoms. The Labute approximate surface area is 190 Å². The van der Waals surface area contributed by atoms with Crippen LogP contribution < -0.4 is 0 Å². The van der Waals surface area contributed by atoms with Crippen molar-refractivity contribution in [3.05, 3.63) is 63.9 Å². The van der Waals surface area contributed by atoms with Gasteiger partial charge >= 0.3 is 0 Å². The van der Waals surface area contributed by atoms with E-state index in [1.54, 1.807) is 25.4 Å². The molecule has 1 aromatic carbocycles. The second-order valence-electron chi connectivity index (χ2n) is 8.68. The van der Waals surface area contributed by atoms with Gasteiger partial charge in [-0.1, -0.05) is 45.0 Å². The number of amides is 2. The maximum absolute atomic E-state index is 12.7. The van der Waals surface area contributed by atoms with Crippen molar-refractivity contribution in [3.8, 4) is 0 Å². The molecule has 7 nitrogen and oxygen atoms in total. The van der Waals surface area contributed by atoms with E-state index in [0.717, 1.165) is 28.6 Å². The maximum atomic E-state index is 12.7. The smallest absolute Gasteiger partial charge is 0.293 e. The molecule has 2 aromatic heterocycles. The zero-order chi connectivity index (χ0) is 23.0. The molecule has 0 spiro atoms. The fourth-order valence-electron chi connectivity index (χ4n) is 3.46. The molecule has 8 heteroatoms. The Hall–Kier alpha value is -3.26. The van der Waals surface area contributed by atoms with Crippen molar-refractivity contribution in [3.63, 3.8) is 0 Å². The number of nitrogens with zero attached hydrogens (tertiary/aromatic N) is 3. The van der Waals surface area contributed by atoms with Gasteiger partial charge in [-0.3, -0.25) is 19.3 Å². The highest BCUT2D eigenvalue weighted by Gasteiger charge is 2.33. The van der Waals surface area contributed by atoms with Crippen molar-refractivity contribution in [1.82, 2.24) is 19.9 Å². The molecule has 2 amide bonds. The average Bonchev–Trinajstić information content (AvgIpc) is 3.28. The predicted octanol–water partition coefficient (Wildman–Crippen LogP) is 4.83. The second kappa shape index (κ2) is 8.35. The van der Waals surface area contributed by atoms with Crippen molar-refractivity contribution >= 4 is 45.9 Å². The number of thioether (sulfide) groups is 1. The number of carbonyl (C=O) groups excluding carboxylic acids is 3. The zero-order valence-corrected chi connectivity index (χ0v) is 19.2. The largest absolute Gasteiger partial charge is 0.344 e. The molecule has 0 unspecified atom stereocenters. The SMILES string of the molecule is CCN1C(=O)SC(=Cc2ccc(Cc3cnc4[nH]cc(C(=O)C(C)(C)C)c4n3)cc2)C1=O. The van der Waals surface area contributed by atoms with Crippen molar-refractivity contribution < 1.29 is 14.4 Å². The van der Waals surface area contributed by atoms with Gasteiger partial charge in [-0.05, 0) is 35.9 Å². The van der Waals surface area contributed by atoms with E-state index in [1.807, 2.05) is 45.0 Å². The van der Waals surface area contributed by atoms with Crippen LogP contribution in [-0.4, -0.2) is 43.3 Å². The number of benzene rings is 1. The third-order valence-corrected chi connectivity index (χ3v) is 6.12. The van der Waals surface area contributed by atoms with Gasteiger partial charge in [-0.25, -0.2) is 9.97 Å². The van der Waals surface area contributed by atoms with E-state index in [9.17, 15) is 14.4 Å². The predicted molar refractivity (Wildman–Crippen MR) is 125 cm³/mol. The van der Waals surface area contributed by atoms with Gasteiger partial charge in [0.2, 0.25) is 0 Å². The lowest BCUT2D eigenvalue weighted by atomic mass is 9.87. The Morgan fingerprint density at radius 3 is 2.53 bits per heavy atom. The standard InChI is InChI=1S/C24H24N4O3S/c1-5-28-22(30)18(32-23(28)31)11-15-8-6-14(7-9-15)10-16-12-25-21-19(27-16)17(13-26-21)20(29)24(2,3)4/h6-9,11-13H,5,10H2,1-4H3,(H,25,26). The molecule has 1 fully saturated rings. The van der Waals surface area contributed by atoms with Crippen LogP contribution in [0.25, 0.3) is 17.2 Å². The number of aromatic amines is 1. The second-order valence-corrected chi connectivity index (χ2v) is 9.68. The van der Waals surface area contributed by atoms with Crippen LogP contribution in [0, 0.1) is 5.41 Å². The summed E-state index contributed by atoms with van der Waals surface area (Å²) in [6.45, 7) is 7.81. The summed E-state index contributed by atoms with van der Waals surface area (Å²) in [6.07, 6.45) is 5.68. The van der Waals surface area contributed by atoms with Gasteiger partial charge < -0.3 is 4.98 Å². The molecule has 1 aliphatic rings. The van der Waals surface area contributed by atoms with E-state index >= 15 is 0 Å². The molecule has 0 aliphatic carbocycles. The minimum atomic E-state index is -0.505. The maximum Gasteiger partial charge on any atom is 0.293 e. The summed E-state index contributed by atoms with van der Waals surface area (Å²) in [6, 6.07) is 7.73. The molecule has 0 bridgehead atoms. The number of ketones is 1. The first-order valence-corrected chi connectivity index (χ1v) is 11.2. The fraction of sp³-hybridized carbons (Fsp3) is 0.292. The topological polar surface area (TPSA) is 96.0 Å². The molecular weight excluding hydrogens is 424 g/mol. The van der Waals surface area contributed by atoms with Gasteiger partial charge in [0.15, 0.2) is 11.4 Å². The van der Waals surface area contributed by atoms with E-state index in [0.29, 0.717) is 34.6 Å². The van der Waals surface area contributed by atoms with Crippen molar-refractivity contribution in [2.24, 2.45) is 5.41 Å². The van der Waals surface area contributed by atoms with Crippen molar-refractivity contribution in [2.75, 3.05) is 6.54 Å². The highest BCUT2D eigenvalue weighted by Crippen LogP contribution is 2.32. The summed E-state index contributed by atoms with van der Waals surface area (Å²) in [4.78, 5) is 50.7. The Kier molecular flexibility index (Phi) is 5.73. The molecule has 164 valence electrons. The highest BCUT2D eigenvalue weighted by molar-refractivity contribution is 8.18. The zero-order valence-electron chi connectivity index (χ0n) is 18.4. The lowest BCUT2D eigenvalue weighted by molar-refractivity contribution is -0.122. The Morgan fingerprint density at radius 1 is 1.19 bits per heavy atom. The van der Waals surface area contributed by atoms with E-state index in [1.165, 1.54) is 4.90 Å². The summed E-state index contributed by atoms with van der Waals surface area (Å²) in [5.41, 5.74) is 3.87. The van der Waals surface area contributed by atoms with Gasteiger partial charge in [-0.2, -0.15) is 0 Å². The number of aromatic nitrogens is 3. The van der Waals surface area contributed by atoms with Crippen LogP contribution in [-0.2, 0) is 11.2 Å². The lowest BCUT2D eigenvalue weighted by Crippen LogP contribution is -2.27. The van der Waals surface area contributed by atoms with E-state index < -0.39 is 5.41 Å². The Balaban J connectivity index is 1.54. The molecule has 0 radical (unpaired) electrons. The van der Waals surface area contributed by atoms with Gasteiger partial charge in [0, 0.05) is 24.6 Å². The minimum absolute atomic E-state index is 0.0204. The number of nitrogens with one attached hydrogen (secondary N) is 1. The lowest BCUT2D eigenvalue weighted by Gasteiger charge is -2.15. The van der Waals surface area contributed by atoms with Gasteiger partial charge in [0.05, 0.1) is 22.4 Å². The Morgan fingerprint density at radius 2 is 1.91 bits per heavy atom. The van der Waals surface area contributed by atoms with Gasteiger partial charge in [-0.15, -0.1) is 0 Å². The number of carbonyl (C=O) groups is 3. The molecule has 0 saturated carbocycles. The highest BCUT2D eigenvalue weighted by atomic mass is 32.2. The number of imide groups is 1. The molecular formula is C24H24N4O3S. The number of H-pyrrole nitrogens is 1. The number of Topliss-reactive ketones (excluding diaryl/α,β-unsaturated/α-hetero) is 1. The first-order chi connectivity index (χ1) is 15.2. The summed E-state index contributed by atoms with van der Waals surface area (Å²) in [5, 5.41) is -0.233. The normalized spacial score (nSPS) is 15.9. The summed E-state index contributed by atoms with van der Waals surface area (Å²) < 4.78 is 0. The molecule has 1 aliphatic heterocycles. The fourth-order valence-corrected chi connectivity index (χ4v) is 4.36. The minimum Gasteiger partial charge on any atom is -0.344 e. The molecule has 0 atom stereocenters. The van der Waals surface area contributed by atoms with Crippen LogP contribution in [0.15, 0.2) is 41.6 Å². The summed E-state index contributed by atoms with van der Waals surface area (Å²) >= 11 is 0.965. The Bertz CT molecular complexity index is 1250. The third kappa shape index (κ3) is 4.23. The van der Waals surface area contributed by atoms with Crippen LogP contribution >= 0.6 is 11.8 Å². The quantitative estimate of drug-likeness (QED) is 0.443. The van der Waals surface area contributed by atoms with Crippen LogP contribution in [0.3, 0.4) is 0 Å². The molecule has 3 heterocycles. The van der Waals surface area contributed by atoms with Crippen LogP contribution in [0.2, 0.25) is 0 Å². The van der Waals surface area contributed by atoms with E-state index in [4.69, 9.17) is 0 Å². The van der Waals surface area contributed by atoms with Crippen molar-refractivity contribution in [1.29, 1.82) is 0 Å². The number of hydrogen-bond donors (Lipinski definition) is 1. The molecule has 1 saturated heterocycles. The van der Waals surface area contributed by atoms with E-state index in [-0.39, 0.29) is 16.9 Å². The average molecular weight is 449 g/mol. The van der Waals surface area contributed by atoms with Crippen molar-refractivity contribution in [2.45, 2.75) is 34.1 Å². The first kappa shape index (κ1) is 22.0. The number of hydrogen-bond acceptors (Lipinski definition) is 6. The van der Waals surface area contributed by atoms with Crippen LogP contribution in [0.4, 0.5) is 4.79 Å². The van der Waals surface area contributed by atoms with Crippen LogP contribution in [0.5, 0.6) is 0 Å². The molecule has 4 rings (SSSR count). The number of fused-ring (bicyclic) bond motifs is 1.